The summed E-state index contributed by atoms with van der Waals surface area (Å²) >= 11 is 0. The van der Waals surface area contributed by atoms with Crippen LogP contribution in [0.4, 0.5) is 0 Å². The Kier molecular flexibility index (Phi) is 7.92. The SMILES string of the molecule is CCCCOc1ccc(/C=C2\C[C@@H](c3ccc(OC)c(OC4CCCC4)c3)CNC2=O)cc1. The topological polar surface area (TPSA) is 56.8 Å². The minimum absolute atomic E-state index is 0.00506. The zero-order chi connectivity index (χ0) is 23.0. The number of carbonyl (C=O) groups is 1. The van der Waals surface area contributed by atoms with Gasteiger partial charge < -0.3 is 19.5 Å². The molecule has 4 rings (SSSR count). The standard InChI is InChI=1S/C28H35NO4/c1-3-4-15-32-24-12-9-20(10-13-24)16-22-17-23(19-29-28(22)30)21-11-14-26(31-2)27(18-21)33-25-7-5-6-8-25/h9-14,16,18,23,25H,3-8,15,17,19H2,1-2H3,(H,29,30)/b22-16+/t23-/m1/s1. The van der Waals surface area contributed by atoms with Crippen LogP contribution >= 0.6 is 0 Å². The van der Waals surface area contributed by atoms with Gasteiger partial charge in [-0.1, -0.05) is 31.5 Å². The number of methoxy groups -OCH3 is 1. The van der Waals surface area contributed by atoms with Crippen LogP contribution in [0.2, 0.25) is 0 Å². The van der Waals surface area contributed by atoms with Crippen LogP contribution in [-0.2, 0) is 4.79 Å². The number of carbonyl (C=O) groups excluding carboxylic acids is 1. The van der Waals surface area contributed by atoms with Crippen molar-refractivity contribution >= 4 is 12.0 Å². The van der Waals surface area contributed by atoms with E-state index in [2.05, 4.69) is 24.4 Å². The second kappa shape index (κ2) is 11.3. The van der Waals surface area contributed by atoms with E-state index in [1.165, 1.54) is 12.8 Å². The highest BCUT2D eigenvalue weighted by atomic mass is 16.5. The highest BCUT2D eigenvalue weighted by molar-refractivity contribution is 5.98. The number of ether oxygens (including phenoxy) is 3. The molecule has 5 heteroatoms. The molecule has 0 radical (unpaired) electrons. The smallest absolute Gasteiger partial charge is 0.247 e. The van der Waals surface area contributed by atoms with Gasteiger partial charge in [0.15, 0.2) is 11.5 Å². The van der Waals surface area contributed by atoms with Gasteiger partial charge in [0.1, 0.15) is 5.75 Å². The highest BCUT2D eigenvalue weighted by Crippen LogP contribution is 2.36. The van der Waals surface area contributed by atoms with E-state index in [1.54, 1.807) is 7.11 Å². The maximum atomic E-state index is 12.6. The van der Waals surface area contributed by atoms with Crippen molar-refractivity contribution in [2.24, 2.45) is 0 Å². The molecule has 1 aliphatic heterocycles. The summed E-state index contributed by atoms with van der Waals surface area (Å²) in [6, 6.07) is 14.1. The van der Waals surface area contributed by atoms with E-state index < -0.39 is 0 Å². The van der Waals surface area contributed by atoms with E-state index in [1.807, 2.05) is 36.4 Å². The molecule has 0 spiro atoms. The summed E-state index contributed by atoms with van der Waals surface area (Å²) in [7, 11) is 1.68. The molecule has 0 unspecified atom stereocenters. The van der Waals surface area contributed by atoms with E-state index in [9.17, 15) is 4.79 Å². The molecular formula is C28H35NO4. The monoisotopic (exact) mass is 449 g/mol. The number of amides is 1. The van der Waals surface area contributed by atoms with Crippen LogP contribution in [0.1, 0.15) is 68.9 Å². The molecule has 1 amide bonds. The van der Waals surface area contributed by atoms with Crippen LogP contribution in [0.25, 0.3) is 6.08 Å². The first-order chi connectivity index (χ1) is 16.2. The Bertz CT molecular complexity index is 960. The number of nitrogens with one attached hydrogen (secondary N) is 1. The maximum absolute atomic E-state index is 12.6. The first-order valence-electron chi connectivity index (χ1n) is 12.2. The van der Waals surface area contributed by atoms with Crippen LogP contribution in [0, 0.1) is 0 Å². The first kappa shape index (κ1) is 23.2. The molecule has 0 bridgehead atoms. The Labute approximate surface area is 197 Å². The number of rotatable bonds is 9. The number of piperidine rings is 1. The van der Waals surface area contributed by atoms with E-state index in [4.69, 9.17) is 14.2 Å². The Morgan fingerprint density at radius 2 is 1.85 bits per heavy atom. The minimum Gasteiger partial charge on any atom is -0.494 e. The number of benzene rings is 2. The highest BCUT2D eigenvalue weighted by Gasteiger charge is 2.26. The van der Waals surface area contributed by atoms with Gasteiger partial charge in [-0.15, -0.1) is 0 Å². The van der Waals surface area contributed by atoms with Crippen molar-refractivity contribution in [2.45, 2.75) is 63.9 Å². The van der Waals surface area contributed by atoms with E-state index in [0.717, 1.165) is 66.2 Å². The fraction of sp³-hybridized carbons (Fsp3) is 0.464. The molecule has 0 aromatic heterocycles. The molecule has 2 aromatic rings. The normalized spacial score (nSPS) is 20.0. The predicted molar refractivity (Wildman–Crippen MR) is 131 cm³/mol. The van der Waals surface area contributed by atoms with Crippen molar-refractivity contribution in [3.63, 3.8) is 0 Å². The fourth-order valence-electron chi connectivity index (χ4n) is 4.54. The lowest BCUT2D eigenvalue weighted by Gasteiger charge is -2.26. The Hall–Kier alpha value is -2.95. The molecule has 1 saturated heterocycles. The van der Waals surface area contributed by atoms with Gasteiger partial charge in [-0.2, -0.15) is 0 Å². The van der Waals surface area contributed by atoms with Crippen molar-refractivity contribution in [1.82, 2.24) is 5.32 Å². The molecule has 5 nitrogen and oxygen atoms in total. The largest absolute Gasteiger partial charge is 0.494 e. The van der Waals surface area contributed by atoms with Gasteiger partial charge in [-0.05, 0) is 80.0 Å². The van der Waals surface area contributed by atoms with Gasteiger partial charge in [0.25, 0.3) is 0 Å². The van der Waals surface area contributed by atoms with Crippen molar-refractivity contribution in [2.75, 3.05) is 20.3 Å². The molecule has 33 heavy (non-hydrogen) atoms. The number of hydrogen-bond donors (Lipinski definition) is 1. The van der Waals surface area contributed by atoms with Crippen LogP contribution in [0.5, 0.6) is 17.2 Å². The third-order valence-electron chi connectivity index (χ3n) is 6.51. The summed E-state index contributed by atoms with van der Waals surface area (Å²) in [4.78, 5) is 12.6. The summed E-state index contributed by atoms with van der Waals surface area (Å²) < 4.78 is 17.6. The molecule has 2 aromatic carbocycles. The maximum Gasteiger partial charge on any atom is 0.247 e. The molecular weight excluding hydrogens is 414 g/mol. The zero-order valence-corrected chi connectivity index (χ0v) is 19.8. The lowest BCUT2D eigenvalue weighted by Crippen LogP contribution is -2.35. The Balaban J connectivity index is 1.47. The van der Waals surface area contributed by atoms with E-state index in [-0.39, 0.29) is 17.9 Å². The van der Waals surface area contributed by atoms with Gasteiger partial charge in [-0.25, -0.2) is 0 Å². The Morgan fingerprint density at radius 3 is 2.58 bits per heavy atom. The summed E-state index contributed by atoms with van der Waals surface area (Å²) in [5.74, 6) is 2.64. The van der Waals surface area contributed by atoms with Crippen molar-refractivity contribution in [3.8, 4) is 17.2 Å². The number of unbranched alkanes of at least 4 members (excludes halogenated alkanes) is 1. The fourth-order valence-corrected chi connectivity index (χ4v) is 4.54. The van der Waals surface area contributed by atoms with Gasteiger partial charge in [-0.3, -0.25) is 4.79 Å². The third kappa shape index (κ3) is 6.10. The van der Waals surface area contributed by atoms with Crippen LogP contribution in [0.3, 0.4) is 0 Å². The summed E-state index contributed by atoms with van der Waals surface area (Å²) in [5.41, 5.74) is 2.96. The second-order valence-electron chi connectivity index (χ2n) is 8.99. The molecule has 176 valence electrons. The second-order valence-corrected chi connectivity index (χ2v) is 8.99. The van der Waals surface area contributed by atoms with Gasteiger partial charge in [0.2, 0.25) is 5.91 Å². The average Bonchev–Trinajstić information content (AvgIpc) is 3.35. The summed E-state index contributed by atoms with van der Waals surface area (Å²) in [5, 5.41) is 3.06. The quantitative estimate of drug-likeness (QED) is 0.383. The van der Waals surface area contributed by atoms with Crippen molar-refractivity contribution in [1.29, 1.82) is 0 Å². The summed E-state index contributed by atoms with van der Waals surface area (Å²) in [6.45, 7) is 3.50. The average molecular weight is 450 g/mol. The van der Waals surface area contributed by atoms with Gasteiger partial charge in [0, 0.05) is 18.0 Å². The number of hydrogen-bond acceptors (Lipinski definition) is 4. The molecule has 1 aliphatic carbocycles. The molecule has 2 fully saturated rings. The van der Waals surface area contributed by atoms with Crippen molar-refractivity contribution in [3.05, 3.63) is 59.2 Å². The van der Waals surface area contributed by atoms with Crippen LogP contribution in [0.15, 0.2) is 48.0 Å². The predicted octanol–water partition coefficient (Wildman–Crippen LogP) is 5.88. The van der Waals surface area contributed by atoms with Gasteiger partial charge in [0.05, 0.1) is 19.8 Å². The molecule has 2 aliphatic rings. The van der Waals surface area contributed by atoms with Crippen LogP contribution in [-0.4, -0.2) is 32.3 Å². The molecule has 1 N–H and O–H groups in total. The van der Waals surface area contributed by atoms with Crippen molar-refractivity contribution < 1.29 is 19.0 Å². The minimum atomic E-state index is 0.00506. The Morgan fingerprint density at radius 1 is 1.06 bits per heavy atom. The molecule has 1 atom stereocenters. The molecule has 1 saturated carbocycles. The van der Waals surface area contributed by atoms with E-state index in [0.29, 0.717) is 13.0 Å². The lowest BCUT2D eigenvalue weighted by atomic mass is 9.87. The van der Waals surface area contributed by atoms with Crippen LogP contribution < -0.4 is 19.5 Å². The third-order valence-corrected chi connectivity index (χ3v) is 6.51. The van der Waals surface area contributed by atoms with E-state index >= 15 is 0 Å². The first-order valence-corrected chi connectivity index (χ1v) is 12.2. The summed E-state index contributed by atoms with van der Waals surface area (Å²) in [6.07, 6.45) is 9.75. The van der Waals surface area contributed by atoms with Gasteiger partial charge >= 0.3 is 0 Å². The zero-order valence-electron chi connectivity index (χ0n) is 19.8. The lowest BCUT2D eigenvalue weighted by molar-refractivity contribution is -0.118. The molecule has 1 heterocycles.